The van der Waals surface area contributed by atoms with Crippen molar-refractivity contribution in [2.24, 2.45) is 5.29 Å². The molecule has 0 saturated carbocycles. The maximum absolute atomic E-state index is 10.3. The molecule has 0 amide bonds. The van der Waals surface area contributed by atoms with Crippen LogP contribution in [-0.4, -0.2) is 39.9 Å². The molecule has 0 saturated heterocycles. The number of hydrogen-bond acceptors (Lipinski definition) is 5. The first-order valence-corrected chi connectivity index (χ1v) is 5.49. The Balaban J connectivity index is 2.96. The number of likely N-dealkylation sites (N-methyl/N-ethyl adjacent to an activating group) is 1. The van der Waals surface area contributed by atoms with E-state index in [4.69, 9.17) is 14.2 Å². The van der Waals surface area contributed by atoms with E-state index < -0.39 is 0 Å². The number of rotatable bonds is 7. The molecule has 0 fully saturated rings. The van der Waals surface area contributed by atoms with E-state index in [1.165, 1.54) is 5.01 Å². The van der Waals surface area contributed by atoms with Gasteiger partial charge in [-0.15, -0.1) is 4.91 Å². The lowest BCUT2D eigenvalue weighted by molar-refractivity contribution is 0.322. The van der Waals surface area contributed by atoms with Gasteiger partial charge in [0.05, 0.1) is 26.6 Å². The first kappa shape index (κ1) is 14.1. The minimum Gasteiger partial charge on any atom is -0.493 e. The van der Waals surface area contributed by atoms with Gasteiger partial charge in [-0.2, -0.15) is 0 Å². The van der Waals surface area contributed by atoms with Crippen molar-refractivity contribution in [3.8, 4) is 17.2 Å². The van der Waals surface area contributed by atoms with Crippen LogP contribution in [0.15, 0.2) is 17.4 Å². The second-order valence-corrected chi connectivity index (χ2v) is 3.75. The molecule has 0 aliphatic carbocycles. The predicted octanol–water partition coefficient (Wildman–Crippen LogP) is 1.87. The molecule has 1 aromatic rings. The maximum atomic E-state index is 10.3. The first-order chi connectivity index (χ1) is 8.65. The average Bonchev–Trinajstić information content (AvgIpc) is 2.43. The van der Waals surface area contributed by atoms with E-state index in [0.29, 0.717) is 30.2 Å². The molecule has 1 rings (SSSR count). The highest BCUT2D eigenvalue weighted by Gasteiger charge is 2.13. The van der Waals surface area contributed by atoms with Crippen molar-refractivity contribution in [2.75, 3.05) is 34.9 Å². The van der Waals surface area contributed by atoms with Crippen molar-refractivity contribution >= 4 is 0 Å². The quantitative estimate of drug-likeness (QED) is 0.549. The molecule has 6 heteroatoms. The van der Waals surface area contributed by atoms with Crippen molar-refractivity contribution in [1.29, 1.82) is 0 Å². The number of nitroso groups, excluding NO2 is 1. The van der Waals surface area contributed by atoms with Crippen molar-refractivity contribution in [3.05, 3.63) is 22.6 Å². The molecule has 0 aliphatic heterocycles. The van der Waals surface area contributed by atoms with Crippen LogP contribution >= 0.6 is 0 Å². The topological polar surface area (TPSA) is 60.4 Å². The Labute approximate surface area is 106 Å². The number of ether oxygens (including phenoxy) is 3. The SMILES string of the molecule is COc1cc(CCN(C)N=O)cc(OC)c1OC. The molecule has 0 aliphatic rings. The van der Waals surface area contributed by atoms with E-state index in [2.05, 4.69) is 5.29 Å². The standard InChI is InChI=1S/C12H18N2O4/c1-14(13-15)6-5-9-7-10(16-2)12(18-4)11(8-9)17-3/h7-8H,5-6H2,1-4H3. The molecule has 0 bridgehead atoms. The monoisotopic (exact) mass is 254 g/mol. The van der Waals surface area contributed by atoms with Gasteiger partial charge in [0.15, 0.2) is 11.5 Å². The van der Waals surface area contributed by atoms with Crippen LogP contribution in [0, 0.1) is 4.91 Å². The lowest BCUT2D eigenvalue weighted by atomic mass is 10.1. The Morgan fingerprint density at radius 1 is 1.11 bits per heavy atom. The zero-order valence-corrected chi connectivity index (χ0v) is 11.1. The van der Waals surface area contributed by atoms with Gasteiger partial charge in [-0.25, -0.2) is 0 Å². The van der Waals surface area contributed by atoms with Crippen molar-refractivity contribution in [1.82, 2.24) is 5.01 Å². The van der Waals surface area contributed by atoms with Crippen molar-refractivity contribution < 1.29 is 14.2 Å². The van der Waals surface area contributed by atoms with Gasteiger partial charge in [0.25, 0.3) is 0 Å². The third-order valence-electron chi connectivity index (χ3n) is 2.59. The molecule has 0 unspecified atom stereocenters. The summed E-state index contributed by atoms with van der Waals surface area (Å²) in [6.45, 7) is 0.530. The Morgan fingerprint density at radius 2 is 1.67 bits per heavy atom. The highest BCUT2D eigenvalue weighted by molar-refractivity contribution is 5.53. The molecule has 1 aromatic carbocycles. The minimum absolute atomic E-state index is 0.530. The third kappa shape index (κ3) is 3.26. The second kappa shape index (κ2) is 6.68. The first-order valence-electron chi connectivity index (χ1n) is 5.49. The zero-order valence-electron chi connectivity index (χ0n) is 11.1. The van der Waals surface area contributed by atoms with Crippen LogP contribution in [0.2, 0.25) is 0 Å². The Kier molecular flexibility index (Phi) is 5.23. The van der Waals surface area contributed by atoms with E-state index in [-0.39, 0.29) is 0 Å². The van der Waals surface area contributed by atoms with E-state index in [0.717, 1.165) is 5.56 Å². The second-order valence-electron chi connectivity index (χ2n) is 3.75. The number of nitrogens with zero attached hydrogens (tertiary/aromatic N) is 2. The van der Waals surface area contributed by atoms with Crippen LogP contribution in [0.25, 0.3) is 0 Å². The van der Waals surface area contributed by atoms with Crippen molar-refractivity contribution in [2.45, 2.75) is 6.42 Å². The van der Waals surface area contributed by atoms with E-state index >= 15 is 0 Å². The Morgan fingerprint density at radius 3 is 2.06 bits per heavy atom. The highest BCUT2D eigenvalue weighted by Crippen LogP contribution is 2.38. The van der Waals surface area contributed by atoms with E-state index in [1.54, 1.807) is 28.4 Å². The fourth-order valence-electron chi connectivity index (χ4n) is 1.61. The summed E-state index contributed by atoms with van der Waals surface area (Å²) in [5.74, 6) is 1.77. The molecular weight excluding hydrogens is 236 g/mol. The fourth-order valence-corrected chi connectivity index (χ4v) is 1.61. The van der Waals surface area contributed by atoms with Crippen LogP contribution in [0.5, 0.6) is 17.2 Å². The van der Waals surface area contributed by atoms with Crippen LogP contribution in [0.3, 0.4) is 0 Å². The van der Waals surface area contributed by atoms with E-state index in [1.807, 2.05) is 12.1 Å². The summed E-state index contributed by atoms with van der Waals surface area (Å²) in [4.78, 5) is 10.3. The van der Waals surface area contributed by atoms with Crippen LogP contribution in [0.1, 0.15) is 5.56 Å². The van der Waals surface area contributed by atoms with Crippen LogP contribution in [0.4, 0.5) is 0 Å². The summed E-state index contributed by atoms with van der Waals surface area (Å²) in [6, 6.07) is 3.72. The summed E-state index contributed by atoms with van der Waals surface area (Å²) in [5, 5.41) is 4.16. The molecule has 0 aromatic heterocycles. The molecule has 0 heterocycles. The van der Waals surface area contributed by atoms with Gasteiger partial charge in [-0.1, -0.05) is 0 Å². The molecule has 0 atom stereocenters. The van der Waals surface area contributed by atoms with Crippen LogP contribution < -0.4 is 14.2 Å². The maximum Gasteiger partial charge on any atom is 0.203 e. The normalized spacial score (nSPS) is 9.78. The smallest absolute Gasteiger partial charge is 0.203 e. The number of methoxy groups -OCH3 is 3. The third-order valence-corrected chi connectivity index (χ3v) is 2.59. The molecule has 0 radical (unpaired) electrons. The molecular formula is C12H18N2O4. The minimum atomic E-state index is 0.530. The van der Waals surface area contributed by atoms with Gasteiger partial charge in [0.1, 0.15) is 0 Å². The van der Waals surface area contributed by atoms with Crippen LogP contribution in [-0.2, 0) is 6.42 Å². The average molecular weight is 254 g/mol. The number of hydrogen-bond donors (Lipinski definition) is 0. The summed E-state index contributed by atoms with van der Waals surface area (Å²) >= 11 is 0. The lowest BCUT2D eigenvalue weighted by Crippen LogP contribution is -2.13. The molecule has 6 nitrogen and oxygen atoms in total. The summed E-state index contributed by atoms with van der Waals surface area (Å²) in [7, 11) is 6.33. The number of benzene rings is 1. The Hall–Kier alpha value is -1.98. The molecule has 100 valence electrons. The molecule has 0 spiro atoms. The largest absolute Gasteiger partial charge is 0.493 e. The van der Waals surface area contributed by atoms with Gasteiger partial charge >= 0.3 is 0 Å². The van der Waals surface area contributed by atoms with Gasteiger partial charge in [-0.05, 0) is 24.1 Å². The molecule has 0 N–H and O–H groups in total. The van der Waals surface area contributed by atoms with Gasteiger partial charge in [-0.3, -0.25) is 5.01 Å². The zero-order chi connectivity index (χ0) is 13.5. The van der Waals surface area contributed by atoms with Gasteiger partial charge in [0.2, 0.25) is 5.75 Å². The summed E-state index contributed by atoms with van der Waals surface area (Å²) in [6.07, 6.45) is 0.666. The fraction of sp³-hybridized carbons (Fsp3) is 0.500. The molecule has 18 heavy (non-hydrogen) atoms. The predicted molar refractivity (Wildman–Crippen MR) is 68.2 cm³/mol. The highest BCUT2D eigenvalue weighted by atomic mass is 16.5. The van der Waals surface area contributed by atoms with E-state index in [9.17, 15) is 4.91 Å². The van der Waals surface area contributed by atoms with Gasteiger partial charge in [0, 0.05) is 13.6 Å². The lowest BCUT2D eigenvalue weighted by Gasteiger charge is -2.15. The van der Waals surface area contributed by atoms with Gasteiger partial charge < -0.3 is 14.2 Å². The summed E-state index contributed by atoms with van der Waals surface area (Å²) in [5.41, 5.74) is 0.986. The Bertz CT molecular complexity index is 384. The summed E-state index contributed by atoms with van der Waals surface area (Å²) < 4.78 is 15.7. The van der Waals surface area contributed by atoms with Crippen molar-refractivity contribution in [3.63, 3.8) is 0 Å².